The van der Waals surface area contributed by atoms with Gasteiger partial charge < -0.3 is 10.2 Å². The molecule has 2 aromatic rings. The maximum Gasteiger partial charge on any atom is 0.240 e. The molecule has 1 amide bonds. The normalized spacial score (nSPS) is 20.3. The van der Waals surface area contributed by atoms with Gasteiger partial charge in [0.1, 0.15) is 0 Å². The molecule has 28 heavy (non-hydrogen) atoms. The molecule has 0 bridgehead atoms. The summed E-state index contributed by atoms with van der Waals surface area (Å²) in [7, 11) is 0. The minimum Gasteiger partial charge on any atom is -0.332 e. The lowest BCUT2D eigenvalue weighted by Gasteiger charge is -2.41. The molecule has 1 fully saturated rings. The average Bonchev–Trinajstić information content (AvgIpc) is 2.73. The molecular formula is C21H28Cl2N4O. The van der Waals surface area contributed by atoms with E-state index >= 15 is 0 Å². The molecule has 4 rings (SSSR count). The molecule has 2 atom stereocenters. The zero-order chi connectivity index (χ0) is 17.9. The number of carbonyl (C=O) groups is 1. The smallest absolute Gasteiger partial charge is 0.240 e. The largest absolute Gasteiger partial charge is 0.332 e. The second-order valence-corrected chi connectivity index (χ2v) is 7.20. The highest BCUT2D eigenvalue weighted by molar-refractivity contribution is 5.85. The van der Waals surface area contributed by atoms with Gasteiger partial charge in [0.15, 0.2) is 0 Å². The van der Waals surface area contributed by atoms with Crippen molar-refractivity contribution in [2.45, 2.75) is 32.0 Å². The Morgan fingerprint density at radius 3 is 2.68 bits per heavy atom. The second-order valence-electron chi connectivity index (χ2n) is 7.20. The fraction of sp³-hybridized carbons (Fsp3) is 0.429. The van der Waals surface area contributed by atoms with Crippen LogP contribution in [-0.4, -0.2) is 52.9 Å². The Kier molecular flexibility index (Phi) is 8.25. The van der Waals surface area contributed by atoms with Crippen LogP contribution in [0.5, 0.6) is 0 Å². The third-order valence-electron chi connectivity index (χ3n) is 5.66. The van der Waals surface area contributed by atoms with Crippen LogP contribution < -0.4 is 5.32 Å². The molecule has 0 saturated carbocycles. The van der Waals surface area contributed by atoms with Crippen LogP contribution in [0.2, 0.25) is 0 Å². The van der Waals surface area contributed by atoms with Gasteiger partial charge in [0.05, 0.1) is 12.1 Å². The van der Waals surface area contributed by atoms with Crippen LogP contribution in [0.25, 0.3) is 0 Å². The van der Waals surface area contributed by atoms with Crippen molar-refractivity contribution in [3.05, 3.63) is 65.5 Å². The molecule has 7 heteroatoms. The topological polar surface area (TPSA) is 48.5 Å². The zero-order valence-electron chi connectivity index (χ0n) is 16.1. The number of piperazine rings is 1. The van der Waals surface area contributed by atoms with E-state index in [1.54, 1.807) is 6.20 Å². The van der Waals surface area contributed by atoms with Gasteiger partial charge in [-0.25, -0.2) is 0 Å². The van der Waals surface area contributed by atoms with Crippen LogP contribution >= 0.6 is 24.8 Å². The molecular weight excluding hydrogens is 395 g/mol. The number of nitrogens with one attached hydrogen (secondary N) is 1. The highest BCUT2D eigenvalue weighted by atomic mass is 35.5. The number of pyridine rings is 1. The first-order valence-electron chi connectivity index (χ1n) is 9.46. The first kappa shape index (κ1) is 22.6. The molecule has 5 nitrogen and oxygen atoms in total. The number of halogens is 2. The monoisotopic (exact) mass is 422 g/mol. The quantitative estimate of drug-likeness (QED) is 0.825. The van der Waals surface area contributed by atoms with Crippen LogP contribution in [0, 0.1) is 0 Å². The van der Waals surface area contributed by atoms with E-state index in [4.69, 9.17) is 0 Å². The van der Waals surface area contributed by atoms with Crippen molar-refractivity contribution in [1.29, 1.82) is 0 Å². The molecule has 1 aromatic heterocycles. The molecule has 2 unspecified atom stereocenters. The molecule has 0 spiro atoms. The van der Waals surface area contributed by atoms with E-state index < -0.39 is 0 Å². The Morgan fingerprint density at radius 1 is 1.14 bits per heavy atom. The third kappa shape index (κ3) is 4.66. The predicted molar refractivity (Wildman–Crippen MR) is 116 cm³/mol. The van der Waals surface area contributed by atoms with Gasteiger partial charge in [0.25, 0.3) is 0 Å². The highest BCUT2D eigenvalue weighted by Crippen LogP contribution is 2.25. The van der Waals surface area contributed by atoms with E-state index in [2.05, 4.69) is 52.5 Å². The molecule has 0 aliphatic carbocycles. The SMILES string of the molecule is CC(C(=O)N1CCNCC1c1cccnc1)N1CCc2ccccc2C1.Cl.Cl. The summed E-state index contributed by atoms with van der Waals surface area (Å²) in [6.07, 6.45) is 4.67. The summed E-state index contributed by atoms with van der Waals surface area (Å²) in [5, 5.41) is 3.41. The van der Waals surface area contributed by atoms with Gasteiger partial charge in [0, 0.05) is 45.1 Å². The summed E-state index contributed by atoms with van der Waals surface area (Å²) in [4.78, 5) is 21.9. The third-order valence-corrected chi connectivity index (χ3v) is 5.66. The lowest BCUT2D eigenvalue weighted by molar-refractivity contribution is -0.140. The van der Waals surface area contributed by atoms with E-state index in [1.165, 1.54) is 11.1 Å². The predicted octanol–water partition coefficient (Wildman–Crippen LogP) is 2.84. The van der Waals surface area contributed by atoms with Gasteiger partial charge in [-0.2, -0.15) is 0 Å². The summed E-state index contributed by atoms with van der Waals surface area (Å²) in [6.45, 7) is 6.22. The van der Waals surface area contributed by atoms with Crippen molar-refractivity contribution >= 4 is 30.7 Å². The minimum absolute atomic E-state index is 0. The van der Waals surface area contributed by atoms with Crippen molar-refractivity contribution in [2.24, 2.45) is 0 Å². The number of fused-ring (bicyclic) bond motifs is 1. The number of benzene rings is 1. The van der Waals surface area contributed by atoms with Crippen molar-refractivity contribution in [3.8, 4) is 0 Å². The number of hydrogen-bond donors (Lipinski definition) is 1. The molecule has 1 saturated heterocycles. The lowest BCUT2D eigenvalue weighted by Crippen LogP contribution is -2.55. The zero-order valence-corrected chi connectivity index (χ0v) is 17.7. The second kappa shape index (κ2) is 10.2. The number of carbonyl (C=O) groups excluding carboxylic acids is 1. The Bertz CT molecular complexity index is 774. The van der Waals surface area contributed by atoms with Crippen molar-refractivity contribution in [2.75, 3.05) is 26.2 Å². The Hall–Kier alpha value is -1.66. The van der Waals surface area contributed by atoms with Crippen molar-refractivity contribution in [3.63, 3.8) is 0 Å². The summed E-state index contributed by atoms with van der Waals surface area (Å²) in [5.74, 6) is 0.222. The van der Waals surface area contributed by atoms with Gasteiger partial charge in [0.2, 0.25) is 5.91 Å². The van der Waals surface area contributed by atoms with Crippen LogP contribution in [0.4, 0.5) is 0 Å². The number of hydrogen-bond acceptors (Lipinski definition) is 4. The summed E-state index contributed by atoms with van der Waals surface area (Å²) < 4.78 is 0. The number of amides is 1. The minimum atomic E-state index is -0.111. The van der Waals surface area contributed by atoms with Gasteiger partial charge in [-0.05, 0) is 36.1 Å². The standard InChI is InChI=1S/C21H26N4O.2ClH/c1-16(24-11-8-17-5-2-3-6-19(17)15-24)21(26)25-12-10-23-14-20(25)18-7-4-9-22-13-18;;/h2-7,9,13,16,20,23H,8,10-12,14-15H2,1H3;2*1H. The van der Waals surface area contributed by atoms with E-state index in [-0.39, 0.29) is 42.8 Å². The fourth-order valence-electron chi connectivity index (χ4n) is 4.08. The van der Waals surface area contributed by atoms with Crippen LogP contribution in [0.1, 0.15) is 29.7 Å². The van der Waals surface area contributed by atoms with Gasteiger partial charge >= 0.3 is 0 Å². The van der Waals surface area contributed by atoms with Crippen LogP contribution in [-0.2, 0) is 17.8 Å². The number of aromatic nitrogens is 1. The van der Waals surface area contributed by atoms with E-state index in [9.17, 15) is 4.79 Å². The first-order chi connectivity index (χ1) is 12.7. The van der Waals surface area contributed by atoms with E-state index in [1.807, 2.05) is 17.2 Å². The summed E-state index contributed by atoms with van der Waals surface area (Å²) in [6, 6.07) is 12.5. The van der Waals surface area contributed by atoms with Crippen molar-refractivity contribution < 1.29 is 4.79 Å². The Morgan fingerprint density at radius 2 is 1.93 bits per heavy atom. The van der Waals surface area contributed by atoms with Gasteiger partial charge in [-0.1, -0.05) is 30.3 Å². The molecule has 3 heterocycles. The molecule has 1 N–H and O–H groups in total. The Labute approximate surface area is 179 Å². The average molecular weight is 423 g/mol. The Balaban J connectivity index is 0.00000140. The van der Waals surface area contributed by atoms with Gasteiger partial charge in [-0.15, -0.1) is 24.8 Å². The lowest BCUT2D eigenvalue weighted by atomic mass is 9.98. The van der Waals surface area contributed by atoms with Gasteiger partial charge in [-0.3, -0.25) is 14.7 Å². The van der Waals surface area contributed by atoms with Crippen molar-refractivity contribution in [1.82, 2.24) is 20.1 Å². The van der Waals surface area contributed by atoms with Crippen LogP contribution in [0.3, 0.4) is 0 Å². The van der Waals surface area contributed by atoms with E-state index in [0.29, 0.717) is 0 Å². The van der Waals surface area contributed by atoms with Crippen LogP contribution in [0.15, 0.2) is 48.8 Å². The molecule has 1 aromatic carbocycles. The molecule has 2 aliphatic heterocycles. The first-order valence-corrected chi connectivity index (χ1v) is 9.46. The summed E-state index contributed by atoms with van der Waals surface area (Å²) >= 11 is 0. The maximum atomic E-state index is 13.3. The van der Waals surface area contributed by atoms with E-state index in [0.717, 1.165) is 44.7 Å². The highest BCUT2D eigenvalue weighted by Gasteiger charge is 2.34. The molecule has 152 valence electrons. The molecule has 0 radical (unpaired) electrons. The number of rotatable bonds is 3. The maximum absolute atomic E-state index is 13.3. The fourth-order valence-corrected chi connectivity index (χ4v) is 4.08. The number of nitrogens with zero attached hydrogens (tertiary/aromatic N) is 3. The molecule has 2 aliphatic rings. The summed E-state index contributed by atoms with van der Waals surface area (Å²) in [5.41, 5.74) is 3.87.